The van der Waals surface area contributed by atoms with Crippen LogP contribution < -0.4 is 4.74 Å². The maximum Gasteiger partial charge on any atom is 0.439 e. The number of halogens is 3. The van der Waals surface area contributed by atoms with Gasteiger partial charge in [0.15, 0.2) is 6.61 Å². The van der Waals surface area contributed by atoms with E-state index >= 15 is 0 Å². The number of aryl methyl sites for hydroxylation is 3. The summed E-state index contributed by atoms with van der Waals surface area (Å²) in [4.78, 5) is 12.5. The largest absolute Gasteiger partial charge is 0.483 e. The Bertz CT molecular complexity index is 768. The first kappa shape index (κ1) is 19.7. The van der Waals surface area contributed by atoms with Crippen LogP contribution in [0, 0.1) is 26.7 Å². The van der Waals surface area contributed by atoms with E-state index in [1.807, 2.05) is 19.1 Å². The molecule has 8 heteroatoms. The Hall–Kier alpha value is -2.09. The van der Waals surface area contributed by atoms with Crippen molar-refractivity contribution in [1.29, 1.82) is 0 Å². The fraction of sp³-hybridized carbons (Fsp3) is 0.579. The van der Waals surface area contributed by atoms with Crippen molar-refractivity contribution in [3.05, 3.63) is 28.8 Å². The van der Waals surface area contributed by atoms with Gasteiger partial charge in [0.05, 0.1) is 5.92 Å². The Morgan fingerprint density at radius 1 is 1.30 bits per heavy atom. The third-order valence-corrected chi connectivity index (χ3v) is 5.21. The molecule has 1 heterocycles. The molecule has 0 spiro atoms. The molecule has 1 amide bonds. The molecule has 1 aromatic rings. The smallest absolute Gasteiger partial charge is 0.439 e. The summed E-state index contributed by atoms with van der Waals surface area (Å²) in [5.74, 6) is -1.78. The lowest BCUT2D eigenvalue weighted by Crippen LogP contribution is -2.62. The molecular weight excluding hydrogens is 361 g/mol. The first-order valence-corrected chi connectivity index (χ1v) is 8.96. The normalized spacial score (nSPS) is 25.2. The van der Waals surface area contributed by atoms with Crippen molar-refractivity contribution in [2.75, 3.05) is 6.61 Å². The number of carbonyl (C=O) groups is 1. The zero-order chi connectivity index (χ0) is 20.0. The summed E-state index contributed by atoms with van der Waals surface area (Å²) in [7, 11) is 0. The van der Waals surface area contributed by atoms with Crippen LogP contribution in [0.5, 0.6) is 5.75 Å². The molecule has 148 valence electrons. The first-order chi connectivity index (χ1) is 12.6. The molecule has 5 nitrogen and oxygen atoms in total. The molecule has 3 rings (SSSR count). The number of carbonyl (C=O) groups excluding carboxylic acids is 1. The van der Waals surface area contributed by atoms with Gasteiger partial charge in [-0.2, -0.15) is 23.3 Å². The number of hydrogen-bond donors (Lipinski definition) is 1. The molecule has 1 N–H and O–H groups in total. The van der Waals surface area contributed by atoms with Crippen LogP contribution in [0.4, 0.5) is 13.2 Å². The summed E-state index contributed by atoms with van der Waals surface area (Å²) < 4.78 is 46.6. The van der Waals surface area contributed by atoms with E-state index in [0.717, 1.165) is 16.7 Å². The highest BCUT2D eigenvalue weighted by Gasteiger charge is 2.68. The van der Waals surface area contributed by atoms with Crippen molar-refractivity contribution in [3.8, 4) is 5.75 Å². The van der Waals surface area contributed by atoms with Gasteiger partial charge in [-0.3, -0.25) is 4.79 Å². The SMILES string of the molecule is Cc1cc(C)c(OCC(=O)N2N=C3CCCCC3C2(O)C(F)(F)F)c(C)c1. The van der Waals surface area contributed by atoms with Gasteiger partial charge in [0, 0.05) is 5.71 Å². The van der Waals surface area contributed by atoms with Crippen molar-refractivity contribution in [3.63, 3.8) is 0 Å². The Morgan fingerprint density at radius 2 is 1.93 bits per heavy atom. The highest BCUT2D eigenvalue weighted by atomic mass is 19.4. The molecule has 2 atom stereocenters. The molecule has 1 aliphatic carbocycles. The summed E-state index contributed by atoms with van der Waals surface area (Å²) in [5.41, 5.74) is -0.483. The number of benzene rings is 1. The standard InChI is InChI=1S/C19H23F3N2O3/c1-11-8-12(2)17(13(3)9-11)27-10-16(25)24-18(26,19(20,21)22)14-6-4-5-7-15(14)23-24/h8-9,14,26H,4-7,10H2,1-3H3. The van der Waals surface area contributed by atoms with E-state index in [9.17, 15) is 23.1 Å². The second-order valence-corrected chi connectivity index (χ2v) is 7.34. The molecule has 0 bridgehead atoms. The first-order valence-electron chi connectivity index (χ1n) is 8.96. The Kier molecular flexibility index (Phi) is 4.96. The Balaban J connectivity index is 1.84. The Labute approximate surface area is 155 Å². The molecule has 0 saturated heterocycles. The lowest BCUT2D eigenvalue weighted by Gasteiger charge is -2.38. The average Bonchev–Trinajstić information content (AvgIpc) is 2.88. The molecule has 1 aliphatic heterocycles. The number of hydrogen-bond acceptors (Lipinski definition) is 4. The summed E-state index contributed by atoms with van der Waals surface area (Å²) in [5, 5.41) is 14.5. The molecule has 1 saturated carbocycles. The minimum absolute atomic E-state index is 0.148. The molecule has 0 aromatic heterocycles. The predicted octanol–water partition coefficient (Wildman–Crippen LogP) is 3.63. The number of aliphatic hydroxyl groups is 1. The van der Waals surface area contributed by atoms with Gasteiger partial charge in [-0.1, -0.05) is 24.1 Å². The monoisotopic (exact) mass is 384 g/mol. The van der Waals surface area contributed by atoms with Gasteiger partial charge >= 0.3 is 6.18 Å². The van der Waals surface area contributed by atoms with Crippen LogP contribution in [0.1, 0.15) is 42.4 Å². The zero-order valence-electron chi connectivity index (χ0n) is 15.6. The summed E-state index contributed by atoms with van der Waals surface area (Å²) in [6.07, 6.45) is -3.25. The highest BCUT2D eigenvalue weighted by molar-refractivity contribution is 5.93. The number of fused-ring (bicyclic) bond motifs is 1. The van der Waals surface area contributed by atoms with E-state index in [1.54, 1.807) is 13.8 Å². The fourth-order valence-corrected chi connectivity index (χ4v) is 4.05. The van der Waals surface area contributed by atoms with Crippen molar-refractivity contribution in [2.45, 2.75) is 58.4 Å². The lowest BCUT2D eigenvalue weighted by molar-refractivity contribution is -0.317. The third-order valence-electron chi connectivity index (χ3n) is 5.21. The van der Waals surface area contributed by atoms with E-state index in [-0.39, 0.29) is 17.1 Å². The minimum atomic E-state index is -5.01. The van der Waals surface area contributed by atoms with Crippen LogP contribution in [0.2, 0.25) is 0 Å². The van der Waals surface area contributed by atoms with Gasteiger partial charge in [-0.25, -0.2) is 0 Å². The van der Waals surface area contributed by atoms with Gasteiger partial charge < -0.3 is 9.84 Å². The number of amides is 1. The molecule has 1 aromatic carbocycles. The van der Waals surface area contributed by atoms with Gasteiger partial charge in [-0.05, 0) is 51.2 Å². The second-order valence-electron chi connectivity index (χ2n) is 7.34. The number of rotatable bonds is 3. The van der Waals surface area contributed by atoms with Gasteiger partial charge in [0.1, 0.15) is 5.75 Å². The highest BCUT2D eigenvalue weighted by Crippen LogP contribution is 2.48. The average molecular weight is 384 g/mol. The van der Waals surface area contributed by atoms with E-state index in [1.165, 1.54) is 0 Å². The van der Waals surface area contributed by atoms with E-state index in [4.69, 9.17) is 4.74 Å². The topological polar surface area (TPSA) is 62.1 Å². The Morgan fingerprint density at radius 3 is 2.52 bits per heavy atom. The number of ether oxygens (including phenoxy) is 1. The summed E-state index contributed by atoms with van der Waals surface area (Å²) in [6, 6.07) is 3.73. The predicted molar refractivity (Wildman–Crippen MR) is 93.4 cm³/mol. The lowest BCUT2D eigenvalue weighted by atomic mass is 9.80. The van der Waals surface area contributed by atoms with E-state index in [0.29, 0.717) is 25.0 Å². The minimum Gasteiger partial charge on any atom is -0.483 e. The van der Waals surface area contributed by atoms with Crippen LogP contribution in [0.15, 0.2) is 17.2 Å². The molecule has 2 unspecified atom stereocenters. The zero-order valence-corrected chi connectivity index (χ0v) is 15.6. The molecule has 1 fully saturated rings. The van der Waals surface area contributed by atoms with Crippen LogP contribution in [0.25, 0.3) is 0 Å². The maximum absolute atomic E-state index is 13.7. The fourth-order valence-electron chi connectivity index (χ4n) is 4.05. The molecular formula is C19H23F3N2O3. The maximum atomic E-state index is 13.7. The van der Waals surface area contributed by atoms with Crippen molar-refractivity contribution in [2.24, 2.45) is 11.0 Å². The quantitative estimate of drug-likeness (QED) is 0.866. The van der Waals surface area contributed by atoms with Crippen LogP contribution in [-0.2, 0) is 4.79 Å². The van der Waals surface area contributed by atoms with Crippen molar-refractivity contribution >= 4 is 11.6 Å². The number of alkyl halides is 3. The van der Waals surface area contributed by atoms with Crippen molar-refractivity contribution in [1.82, 2.24) is 5.01 Å². The summed E-state index contributed by atoms with van der Waals surface area (Å²) in [6.45, 7) is 4.89. The van der Waals surface area contributed by atoms with Crippen LogP contribution >= 0.6 is 0 Å². The van der Waals surface area contributed by atoms with Gasteiger partial charge in [0.2, 0.25) is 0 Å². The number of hydrazone groups is 1. The van der Waals surface area contributed by atoms with Crippen LogP contribution in [0.3, 0.4) is 0 Å². The van der Waals surface area contributed by atoms with E-state index < -0.39 is 30.3 Å². The molecule has 0 radical (unpaired) electrons. The summed E-state index contributed by atoms with van der Waals surface area (Å²) >= 11 is 0. The van der Waals surface area contributed by atoms with E-state index in [2.05, 4.69) is 5.10 Å². The molecule has 2 aliphatic rings. The molecule has 27 heavy (non-hydrogen) atoms. The second kappa shape index (κ2) is 6.82. The van der Waals surface area contributed by atoms with Crippen LogP contribution in [-0.4, -0.2) is 40.2 Å². The third kappa shape index (κ3) is 3.31. The van der Waals surface area contributed by atoms with Crippen molar-refractivity contribution < 1.29 is 27.8 Å². The van der Waals surface area contributed by atoms with Gasteiger partial charge in [-0.15, -0.1) is 0 Å². The van der Waals surface area contributed by atoms with Gasteiger partial charge in [0.25, 0.3) is 11.6 Å². The number of nitrogens with zero attached hydrogens (tertiary/aromatic N) is 2.